The Balaban J connectivity index is 1.75. The summed E-state index contributed by atoms with van der Waals surface area (Å²) in [5.41, 5.74) is 3.67. The smallest absolute Gasteiger partial charge is 0.240 e. The first-order valence-electron chi connectivity index (χ1n) is 7.31. The number of anilines is 1. The zero-order valence-electron chi connectivity index (χ0n) is 13.0. The fraction of sp³-hybridized carbons (Fsp3) is 0.235. The Morgan fingerprint density at radius 3 is 2.52 bits per heavy atom. The zero-order valence-corrected chi connectivity index (χ0v) is 13.9. The maximum atomic E-state index is 12.3. The number of aryl methyl sites for hydroxylation is 1. The molecule has 0 atom stereocenters. The number of hydrogen-bond donors (Lipinski definition) is 1. The summed E-state index contributed by atoms with van der Waals surface area (Å²) in [6.07, 6.45) is 0.365. The lowest BCUT2D eigenvalue weighted by Crippen LogP contribution is -2.23. The summed E-state index contributed by atoms with van der Waals surface area (Å²) in [4.78, 5) is 13.6. The molecule has 1 aliphatic heterocycles. The second-order valence-corrected chi connectivity index (χ2v) is 7.50. The fourth-order valence-electron chi connectivity index (χ4n) is 2.61. The van der Waals surface area contributed by atoms with Crippen molar-refractivity contribution in [2.24, 2.45) is 0 Å². The number of sulfonamides is 1. The second kappa shape index (κ2) is 5.79. The molecule has 0 saturated heterocycles. The number of benzene rings is 2. The summed E-state index contributed by atoms with van der Waals surface area (Å²) < 4.78 is 27.2. The van der Waals surface area contributed by atoms with Gasteiger partial charge in [0.2, 0.25) is 15.9 Å². The lowest BCUT2D eigenvalue weighted by atomic mass is 10.1. The molecule has 23 heavy (non-hydrogen) atoms. The molecule has 2 aromatic carbocycles. The molecule has 6 heteroatoms. The summed E-state index contributed by atoms with van der Waals surface area (Å²) in [6.45, 7) is 2.11. The van der Waals surface area contributed by atoms with Gasteiger partial charge in [-0.05, 0) is 36.2 Å². The minimum Gasteiger partial charge on any atom is -0.315 e. The Hall–Kier alpha value is -2.18. The average molecular weight is 330 g/mol. The van der Waals surface area contributed by atoms with Crippen molar-refractivity contribution in [2.45, 2.75) is 24.8 Å². The third kappa shape index (κ3) is 3.13. The van der Waals surface area contributed by atoms with E-state index in [1.54, 1.807) is 36.2 Å². The minimum atomic E-state index is -3.54. The van der Waals surface area contributed by atoms with E-state index < -0.39 is 10.0 Å². The molecule has 120 valence electrons. The number of carbonyl (C=O) groups is 1. The van der Waals surface area contributed by atoms with Gasteiger partial charge in [0.15, 0.2) is 0 Å². The molecule has 1 amide bonds. The van der Waals surface area contributed by atoms with Crippen molar-refractivity contribution in [1.29, 1.82) is 0 Å². The van der Waals surface area contributed by atoms with Crippen molar-refractivity contribution < 1.29 is 13.2 Å². The summed E-state index contributed by atoms with van der Waals surface area (Å²) in [5.74, 6) is 0.0531. The molecule has 0 spiro atoms. The van der Waals surface area contributed by atoms with Gasteiger partial charge in [-0.2, -0.15) is 0 Å². The summed E-state index contributed by atoms with van der Waals surface area (Å²) in [7, 11) is -1.79. The molecule has 5 nitrogen and oxygen atoms in total. The van der Waals surface area contributed by atoms with Crippen LogP contribution < -0.4 is 9.62 Å². The first kappa shape index (κ1) is 15.7. The molecule has 0 saturated carbocycles. The van der Waals surface area contributed by atoms with Gasteiger partial charge in [0.25, 0.3) is 0 Å². The normalized spacial score (nSPS) is 14.2. The van der Waals surface area contributed by atoms with E-state index in [-0.39, 0.29) is 17.3 Å². The molecular formula is C17H18N2O3S. The third-order valence-electron chi connectivity index (χ3n) is 4.02. The van der Waals surface area contributed by atoms with E-state index in [2.05, 4.69) is 4.72 Å². The molecule has 1 N–H and O–H groups in total. The molecule has 0 bridgehead atoms. The highest BCUT2D eigenvalue weighted by atomic mass is 32.2. The van der Waals surface area contributed by atoms with Gasteiger partial charge in [-0.15, -0.1) is 0 Å². The van der Waals surface area contributed by atoms with Gasteiger partial charge in [0, 0.05) is 19.3 Å². The fourth-order valence-corrected chi connectivity index (χ4v) is 3.63. The Kier molecular flexibility index (Phi) is 3.95. The van der Waals surface area contributed by atoms with Crippen LogP contribution in [0.3, 0.4) is 0 Å². The molecular weight excluding hydrogens is 312 g/mol. The highest BCUT2D eigenvalue weighted by Crippen LogP contribution is 2.28. The van der Waals surface area contributed by atoms with E-state index >= 15 is 0 Å². The van der Waals surface area contributed by atoms with E-state index in [0.29, 0.717) is 6.42 Å². The molecule has 0 fully saturated rings. The number of hydrogen-bond acceptors (Lipinski definition) is 3. The highest BCUT2D eigenvalue weighted by molar-refractivity contribution is 7.89. The maximum Gasteiger partial charge on any atom is 0.240 e. The van der Waals surface area contributed by atoms with Crippen molar-refractivity contribution in [2.75, 3.05) is 11.9 Å². The van der Waals surface area contributed by atoms with E-state index in [0.717, 1.165) is 22.4 Å². The summed E-state index contributed by atoms with van der Waals surface area (Å²) >= 11 is 0. The predicted octanol–water partition coefficient (Wildman–Crippen LogP) is 1.99. The Morgan fingerprint density at radius 1 is 1.13 bits per heavy atom. The quantitative estimate of drug-likeness (QED) is 0.932. The van der Waals surface area contributed by atoms with Gasteiger partial charge in [-0.25, -0.2) is 13.1 Å². The maximum absolute atomic E-state index is 12.3. The molecule has 0 aromatic heterocycles. The van der Waals surface area contributed by atoms with E-state index in [1.165, 1.54) is 0 Å². The van der Waals surface area contributed by atoms with Gasteiger partial charge >= 0.3 is 0 Å². The van der Waals surface area contributed by atoms with Crippen LogP contribution in [-0.4, -0.2) is 21.4 Å². The highest BCUT2D eigenvalue weighted by Gasteiger charge is 2.24. The second-order valence-electron chi connectivity index (χ2n) is 5.73. The van der Waals surface area contributed by atoms with Gasteiger partial charge in [0.1, 0.15) is 0 Å². The van der Waals surface area contributed by atoms with E-state index in [1.807, 2.05) is 25.1 Å². The topological polar surface area (TPSA) is 66.5 Å². The lowest BCUT2D eigenvalue weighted by Gasteiger charge is -2.11. The molecule has 1 aliphatic rings. The number of fused-ring (bicyclic) bond motifs is 1. The van der Waals surface area contributed by atoms with E-state index in [4.69, 9.17) is 0 Å². The largest absolute Gasteiger partial charge is 0.315 e. The minimum absolute atomic E-state index is 0.0531. The zero-order chi connectivity index (χ0) is 16.6. The molecule has 2 aromatic rings. The predicted molar refractivity (Wildman–Crippen MR) is 88.8 cm³/mol. The first-order valence-corrected chi connectivity index (χ1v) is 8.80. The van der Waals surface area contributed by atoms with Crippen LogP contribution in [0.4, 0.5) is 5.69 Å². The number of nitrogens with one attached hydrogen (secondary N) is 1. The van der Waals surface area contributed by atoms with Crippen LogP contribution in [0.15, 0.2) is 47.4 Å². The van der Waals surface area contributed by atoms with Gasteiger partial charge in [0.05, 0.1) is 11.3 Å². The monoisotopic (exact) mass is 330 g/mol. The number of nitrogens with zero attached hydrogens (tertiary/aromatic N) is 1. The van der Waals surface area contributed by atoms with Gasteiger partial charge in [-0.3, -0.25) is 4.79 Å². The van der Waals surface area contributed by atoms with Crippen molar-refractivity contribution >= 4 is 21.6 Å². The molecule has 1 heterocycles. The molecule has 0 radical (unpaired) electrons. The first-order chi connectivity index (χ1) is 10.9. The summed E-state index contributed by atoms with van der Waals surface area (Å²) in [6, 6.07) is 12.3. The van der Waals surface area contributed by atoms with Crippen molar-refractivity contribution in [3.63, 3.8) is 0 Å². The van der Waals surface area contributed by atoms with Crippen LogP contribution in [0.2, 0.25) is 0 Å². The van der Waals surface area contributed by atoms with Crippen molar-refractivity contribution in [3.05, 3.63) is 59.2 Å². The van der Waals surface area contributed by atoms with Crippen LogP contribution in [0.5, 0.6) is 0 Å². The van der Waals surface area contributed by atoms with Gasteiger partial charge < -0.3 is 4.90 Å². The van der Waals surface area contributed by atoms with Crippen molar-refractivity contribution in [1.82, 2.24) is 4.72 Å². The Labute approximate surface area is 136 Å². The van der Waals surface area contributed by atoms with Crippen LogP contribution >= 0.6 is 0 Å². The van der Waals surface area contributed by atoms with Crippen LogP contribution in [0, 0.1) is 6.92 Å². The van der Waals surface area contributed by atoms with Gasteiger partial charge in [-0.1, -0.05) is 29.8 Å². The molecule has 0 aliphatic carbocycles. The Morgan fingerprint density at radius 2 is 1.83 bits per heavy atom. The number of rotatable bonds is 4. The SMILES string of the molecule is Cc1ccc(S(=O)(=O)NCc2ccc3c(c2)CC(=O)N3C)cc1. The average Bonchev–Trinajstić information content (AvgIpc) is 2.80. The Bertz CT molecular complexity index is 858. The molecule has 0 unspecified atom stereocenters. The van der Waals surface area contributed by atoms with Crippen LogP contribution in [0.25, 0.3) is 0 Å². The van der Waals surface area contributed by atoms with E-state index in [9.17, 15) is 13.2 Å². The number of carbonyl (C=O) groups excluding carboxylic acids is 1. The van der Waals surface area contributed by atoms with Crippen LogP contribution in [0.1, 0.15) is 16.7 Å². The van der Waals surface area contributed by atoms with Crippen molar-refractivity contribution in [3.8, 4) is 0 Å². The summed E-state index contributed by atoms with van der Waals surface area (Å²) in [5, 5.41) is 0. The number of likely N-dealkylation sites (N-methyl/N-ethyl adjacent to an activating group) is 1. The standard InChI is InChI=1S/C17H18N2O3S/c1-12-3-6-15(7-4-12)23(21,22)18-11-13-5-8-16-14(9-13)10-17(20)19(16)2/h3-9,18H,10-11H2,1-2H3. The lowest BCUT2D eigenvalue weighted by molar-refractivity contribution is -0.117. The number of amides is 1. The van der Waals surface area contributed by atoms with Crippen LogP contribution in [-0.2, 0) is 27.8 Å². The molecule has 3 rings (SSSR count). The third-order valence-corrected chi connectivity index (χ3v) is 5.44.